The number of hydrogen-bond donors (Lipinski definition) is 0. The zero-order chi connectivity index (χ0) is 17.3. The average molecular weight is 383 g/mol. The van der Waals surface area contributed by atoms with Crippen LogP contribution in [0, 0.1) is 19.7 Å². The third kappa shape index (κ3) is 3.50. The van der Waals surface area contributed by atoms with Gasteiger partial charge in [-0.05, 0) is 50.2 Å². The molecule has 1 aromatic carbocycles. The molecule has 3 aromatic rings. The van der Waals surface area contributed by atoms with E-state index in [9.17, 15) is 12.8 Å². The summed E-state index contributed by atoms with van der Waals surface area (Å²) in [6.45, 7) is 3.83. The Bertz CT molecular complexity index is 946. The lowest BCUT2D eigenvalue weighted by Crippen LogP contribution is -2.30. The zero-order valence-electron chi connectivity index (χ0n) is 13.1. The molecule has 0 unspecified atom stereocenters. The number of sulfonamides is 1. The molecule has 0 aliphatic carbocycles. The summed E-state index contributed by atoms with van der Waals surface area (Å²) >= 11 is 2.68. The fourth-order valence-electron chi connectivity index (χ4n) is 2.21. The van der Waals surface area contributed by atoms with Crippen molar-refractivity contribution >= 4 is 38.4 Å². The summed E-state index contributed by atoms with van der Waals surface area (Å²) in [4.78, 5) is 5.26. The third-order valence-corrected chi connectivity index (χ3v) is 7.41. The molecule has 2 aromatic heterocycles. The van der Waals surface area contributed by atoms with Crippen LogP contribution in [0.5, 0.6) is 0 Å². The minimum Gasteiger partial charge on any atom is -0.260 e. The fraction of sp³-hybridized carbons (Fsp3) is 0.188. The number of nitrogens with zero attached hydrogens (tertiary/aromatic N) is 2. The molecule has 0 amide bonds. The third-order valence-electron chi connectivity index (χ3n) is 3.35. The quantitative estimate of drug-likeness (QED) is 0.659. The van der Waals surface area contributed by atoms with E-state index in [0.717, 1.165) is 9.88 Å². The monoisotopic (exact) mass is 382 g/mol. The van der Waals surface area contributed by atoms with Gasteiger partial charge < -0.3 is 0 Å². The molecule has 0 spiro atoms. The molecule has 0 bridgehead atoms. The van der Waals surface area contributed by atoms with Crippen molar-refractivity contribution in [3.05, 3.63) is 63.2 Å². The highest BCUT2D eigenvalue weighted by atomic mass is 32.2. The van der Waals surface area contributed by atoms with Gasteiger partial charge in [0.05, 0.1) is 22.9 Å². The van der Waals surface area contributed by atoms with Gasteiger partial charge in [-0.1, -0.05) is 0 Å². The van der Waals surface area contributed by atoms with E-state index >= 15 is 0 Å². The molecular formula is C16H15FN2O2S3. The number of rotatable bonds is 5. The Hall–Kier alpha value is -1.77. The number of benzene rings is 1. The van der Waals surface area contributed by atoms with Crippen molar-refractivity contribution in [1.29, 1.82) is 0 Å². The van der Waals surface area contributed by atoms with E-state index in [0.29, 0.717) is 11.4 Å². The molecule has 0 aliphatic heterocycles. The number of anilines is 1. The lowest BCUT2D eigenvalue weighted by atomic mass is 10.3. The van der Waals surface area contributed by atoms with Crippen LogP contribution in [0.25, 0.3) is 0 Å². The second-order valence-corrected chi connectivity index (χ2v) is 9.65. The van der Waals surface area contributed by atoms with Gasteiger partial charge in [0.2, 0.25) is 0 Å². The Morgan fingerprint density at radius 1 is 1.12 bits per heavy atom. The first-order valence-electron chi connectivity index (χ1n) is 7.12. The second-order valence-electron chi connectivity index (χ2n) is 5.21. The van der Waals surface area contributed by atoms with Crippen LogP contribution >= 0.6 is 22.7 Å². The SMILES string of the molecule is Cc1ccc(S(=O)(=O)N(Cc2csc(C)n2)c2ccc(F)cc2)s1. The standard InChI is InChI=1S/C16H15FN2O2S3/c1-11-3-8-16(23-11)24(20,21)19(9-14-10-22-12(2)18-14)15-6-4-13(17)5-7-15/h3-8,10H,9H2,1-2H3. The van der Waals surface area contributed by atoms with Gasteiger partial charge in [0.1, 0.15) is 10.0 Å². The Morgan fingerprint density at radius 2 is 1.83 bits per heavy atom. The van der Waals surface area contributed by atoms with Gasteiger partial charge in [0.15, 0.2) is 0 Å². The molecule has 0 radical (unpaired) electrons. The van der Waals surface area contributed by atoms with Crippen LogP contribution in [0.4, 0.5) is 10.1 Å². The summed E-state index contributed by atoms with van der Waals surface area (Å²) in [7, 11) is -3.74. The molecule has 2 heterocycles. The highest BCUT2D eigenvalue weighted by Crippen LogP contribution is 2.30. The Labute approximate surface area is 148 Å². The minimum atomic E-state index is -3.74. The predicted octanol–water partition coefficient (Wildman–Crippen LogP) is 4.36. The molecule has 8 heteroatoms. The molecule has 24 heavy (non-hydrogen) atoms. The van der Waals surface area contributed by atoms with Crippen molar-refractivity contribution in [2.75, 3.05) is 4.31 Å². The van der Waals surface area contributed by atoms with E-state index in [-0.39, 0.29) is 10.8 Å². The maximum absolute atomic E-state index is 13.2. The highest BCUT2D eigenvalue weighted by Gasteiger charge is 2.27. The molecule has 0 atom stereocenters. The normalized spacial score (nSPS) is 11.6. The van der Waals surface area contributed by atoms with Gasteiger partial charge in [0, 0.05) is 10.3 Å². The van der Waals surface area contributed by atoms with Gasteiger partial charge >= 0.3 is 0 Å². The first-order chi connectivity index (χ1) is 11.4. The number of aromatic nitrogens is 1. The van der Waals surface area contributed by atoms with E-state index in [1.54, 1.807) is 12.1 Å². The van der Waals surface area contributed by atoms with Crippen LogP contribution in [0.3, 0.4) is 0 Å². The van der Waals surface area contributed by atoms with Crippen molar-refractivity contribution in [2.45, 2.75) is 24.6 Å². The van der Waals surface area contributed by atoms with Crippen molar-refractivity contribution in [3.63, 3.8) is 0 Å². The molecule has 0 N–H and O–H groups in total. The lowest BCUT2D eigenvalue weighted by Gasteiger charge is -2.23. The Kier molecular flexibility index (Phi) is 4.71. The minimum absolute atomic E-state index is 0.106. The molecule has 3 rings (SSSR count). The number of aryl methyl sites for hydroxylation is 2. The highest BCUT2D eigenvalue weighted by molar-refractivity contribution is 7.94. The van der Waals surface area contributed by atoms with Gasteiger partial charge in [0.25, 0.3) is 10.0 Å². The molecule has 0 aliphatic rings. The predicted molar refractivity (Wildman–Crippen MR) is 95.7 cm³/mol. The van der Waals surface area contributed by atoms with E-state index in [1.807, 2.05) is 19.2 Å². The lowest BCUT2D eigenvalue weighted by molar-refractivity contribution is 0.591. The van der Waals surface area contributed by atoms with Crippen LogP contribution in [-0.2, 0) is 16.6 Å². The molecule has 0 saturated carbocycles. The van der Waals surface area contributed by atoms with E-state index in [4.69, 9.17) is 0 Å². The first-order valence-corrected chi connectivity index (χ1v) is 10.3. The molecule has 0 saturated heterocycles. The van der Waals surface area contributed by atoms with Gasteiger partial charge in [-0.2, -0.15) is 0 Å². The van der Waals surface area contributed by atoms with E-state index < -0.39 is 15.8 Å². The summed E-state index contributed by atoms with van der Waals surface area (Å²) in [6.07, 6.45) is 0. The summed E-state index contributed by atoms with van der Waals surface area (Å²) in [5, 5.41) is 2.70. The molecular weight excluding hydrogens is 367 g/mol. The number of halogens is 1. The van der Waals surface area contributed by atoms with Crippen LogP contribution in [-0.4, -0.2) is 13.4 Å². The fourth-order valence-corrected chi connectivity index (χ4v) is 5.65. The maximum Gasteiger partial charge on any atom is 0.274 e. The number of hydrogen-bond acceptors (Lipinski definition) is 5. The molecule has 4 nitrogen and oxygen atoms in total. The number of thiazole rings is 1. The van der Waals surface area contributed by atoms with Crippen LogP contribution < -0.4 is 4.31 Å². The van der Waals surface area contributed by atoms with Crippen LogP contribution in [0.2, 0.25) is 0 Å². The summed E-state index contributed by atoms with van der Waals surface area (Å²) in [6, 6.07) is 8.80. The van der Waals surface area contributed by atoms with Crippen molar-refractivity contribution < 1.29 is 12.8 Å². The van der Waals surface area contributed by atoms with Gasteiger partial charge in [-0.15, -0.1) is 22.7 Å². The van der Waals surface area contributed by atoms with Crippen LogP contribution in [0.15, 0.2) is 46.0 Å². The van der Waals surface area contributed by atoms with Gasteiger partial charge in [-0.25, -0.2) is 17.8 Å². The smallest absolute Gasteiger partial charge is 0.260 e. The topological polar surface area (TPSA) is 50.3 Å². The second kappa shape index (κ2) is 6.62. The largest absolute Gasteiger partial charge is 0.274 e. The molecule has 126 valence electrons. The first kappa shape index (κ1) is 17.1. The van der Waals surface area contributed by atoms with Crippen molar-refractivity contribution in [1.82, 2.24) is 4.98 Å². The average Bonchev–Trinajstić information content (AvgIpc) is 3.15. The van der Waals surface area contributed by atoms with Crippen molar-refractivity contribution in [3.8, 4) is 0 Å². The van der Waals surface area contributed by atoms with Crippen LogP contribution in [0.1, 0.15) is 15.6 Å². The Balaban J connectivity index is 2.05. The zero-order valence-corrected chi connectivity index (χ0v) is 15.5. The Morgan fingerprint density at radius 3 is 2.38 bits per heavy atom. The maximum atomic E-state index is 13.2. The summed E-state index contributed by atoms with van der Waals surface area (Å²) in [5.41, 5.74) is 1.08. The van der Waals surface area contributed by atoms with Crippen molar-refractivity contribution in [2.24, 2.45) is 0 Å². The summed E-state index contributed by atoms with van der Waals surface area (Å²) < 4.78 is 40.9. The number of thiophene rings is 1. The summed E-state index contributed by atoms with van der Waals surface area (Å²) in [5.74, 6) is -0.410. The molecule has 0 fully saturated rings. The van der Waals surface area contributed by atoms with Gasteiger partial charge in [-0.3, -0.25) is 4.31 Å². The van der Waals surface area contributed by atoms with E-state index in [2.05, 4.69) is 4.98 Å². The van der Waals surface area contributed by atoms with E-state index in [1.165, 1.54) is 51.2 Å².